The number of anilines is 1. The zero-order chi connectivity index (χ0) is 13.1. The molecule has 0 amide bonds. The first-order valence-corrected chi connectivity index (χ1v) is 5.49. The quantitative estimate of drug-likeness (QED) is 0.806. The van der Waals surface area contributed by atoms with Crippen LogP contribution in [0, 0.1) is 0 Å². The third kappa shape index (κ3) is 2.29. The van der Waals surface area contributed by atoms with Gasteiger partial charge >= 0.3 is 5.97 Å². The first-order valence-electron chi connectivity index (χ1n) is 5.49. The molecule has 0 bridgehead atoms. The molecule has 2 aromatic rings. The van der Waals surface area contributed by atoms with Crippen LogP contribution in [0.2, 0.25) is 0 Å². The molecule has 0 fully saturated rings. The van der Waals surface area contributed by atoms with Gasteiger partial charge in [-0.25, -0.2) is 14.8 Å². The van der Waals surface area contributed by atoms with Crippen LogP contribution in [-0.4, -0.2) is 27.1 Å². The van der Waals surface area contributed by atoms with Crippen molar-refractivity contribution in [2.45, 2.75) is 13.0 Å². The van der Waals surface area contributed by atoms with Gasteiger partial charge in [-0.3, -0.25) is 0 Å². The Morgan fingerprint density at radius 3 is 2.94 bits per heavy atom. The zero-order valence-corrected chi connectivity index (χ0v) is 9.92. The second kappa shape index (κ2) is 4.83. The summed E-state index contributed by atoms with van der Waals surface area (Å²) in [7, 11) is 0. The van der Waals surface area contributed by atoms with E-state index in [-0.39, 0.29) is 11.6 Å². The van der Waals surface area contributed by atoms with E-state index in [1.807, 2.05) is 6.92 Å². The Kier molecular flexibility index (Phi) is 3.23. The van der Waals surface area contributed by atoms with Crippen LogP contribution in [0.1, 0.15) is 17.3 Å². The number of carbonyl (C=O) groups is 1. The summed E-state index contributed by atoms with van der Waals surface area (Å²) in [4.78, 5) is 19.1. The SMILES string of the molecule is C=CC(C)Nc1ncnc2cc(C(=O)O)ccc12. The fourth-order valence-electron chi connectivity index (χ4n) is 1.58. The molecule has 0 aliphatic rings. The number of hydrogen-bond donors (Lipinski definition) is 2. The lowest BCUT2D eigenvalue weighted by molar-refractivity contribution is 0.0697. The minimum Gasteiger partial charge on any atom is -0.478 e. The summed E-state index contributed by atoms with van der Waals surface area (Å²) in [6, 6.07) is 4.85. The Morgan fingerprint density at radius 2 is 2.28 bits per heavy atom. The molecule has 18 heavy (non-hydrogen) atoms. The van der Waals surface area contributed by atoms with Crippen LogP contribution in [0.25, 0.3) is 10.9 Å². The lowest BCUT2D eigenvalue weighted by atomic mass is 10.1. The van der Waals surface area contributed by atoms with Crippen molar-refractivity contribution < 1.29 is 9.90 Å². The lowest BCUT2D eigenvalue weighted by Gasteiger charge is -2.11. The second-order valence-corrected chi connectivity index (χ2v) is 3.93. The topological polar surface area (TPSA) is 75.1 Å². The third-order valence-electron chi connectivity index (χ3n) is 2.60. The van der Waals surface area contributed by atoms with Gasteiger partial charge < -0.3 is 10.4 Å². The number of hydrogen-bond acceptors (Lipinski definition) is 4. The minimum absolute atomic E-state index is 0.0715. The summed E-state index contributed by atoms with van der Waals surface area (Å²) in [5.41, 5.74) is 0.813. The Balaban J connectivity index is 2.50. The number of nitrogens with zero attached hydrogens (tertiary/aromatic N) is 2. The molecule has 1 heterocycles. The highest BCUT2D eigenvalue weighted by atomic mass is 16.4. The number of rotatable bonds is 4. The van der Waals surface area contributed by atoms with Gasteiger partial charge in [-0.2, -0.15) is 0 Å². The van der Waals surface area contributed by atoms with E-state index in [1.54, 1.807) is 12.1 Å². The summed E-state index contributed by atoms with van der Waals surface area (Å²) in [5, 5.41) is 12.9. The molecule has 1 atom stereocenters. The summed E-state index contributed by atoms with van der Waals surface area (Å²) in [6.07, 6.45) is 3.17. The van der Waals surface area contributed by atoms with E-state index in [1.165, 1.54) is 18.5 Å². The minimum atomic E-state index is -0.968. The van der Waals surface area contributed by atoms with Gasteiger partial charge in [0.15, 0.2) is 0 Å². The number of benzene rings is 1. The van der Waals surface area contributed by atoms with E-state index in [2.05, 4.69) is 21.9 Å². The van der Waals surface area contributed by atoms with E-state index in [4.69, 9.17) is 5.11 Å². The normalized spacial score (nSPS) is 12.1. The second-order valence-electron chi connectivity index (χ2n) is 3.93. The zero-order valence-electron chi connectivity index (χ0n) is 9.92. The van der Waals surface area contributed by atoms with Gasteiger partial charge in [-0.15, -0.1) is 6.58 Å². The highest BCUT2D eigenvalue weighted by Gasteiger charge is 2.08. The summed E-state index contributed by atoms with van der Waals surface area (Å²) in [6.45, 7) is 5.64. The molecule has 0 aliphatic carbocycles. The number of aromatic nitrogens is 2. The molecule has 5 heteroatoms. The van der Waals surface area contributed by atoms with E-state index < -0.39 is 5.97 Å². The molecule has 0 saturated carbocycles. The van der Waals surface area contributed by atoms with Crippen molar-refractivity contribution in [3.05, 3.63) is 42.7 Å². The van der Waals surface area contributed by atoms with E-state index in [0.29, 0.717) is 11.3 Å². The average Bonchev–Trinajstić information content (AvgIpc) is 2.38. The van der Waals surface area contributed by atoms with Crippen LogP contribution in [0.3, 0.4) is 0 Å². The number of fused-ring (bicyclic) bond motifs is 1. The average molecular weight is 243 g/mol. The van der Waals surface area contributed by atoms with Crippen molar-refractivity contribution in [1.29, 1.82) is 0 Å². The van der Waals surface area contributed by atoms with Crippen molar-refractivity contribution >= 4 is 22.7 Å². The van der Waals surface area contributed by atoms with Gasteiger partial charge in [-0.05, 0) is 25.1 Å². The molecule has 1 aromatic carbocycles. The van der Waals surface area contributed by atoms with Gasteiger partial charge in [0.05, 0.1) is 11.1 Å². The monoisotopic (exact) mass is 243 g/mol. The van der Waals surface area contributed by atoms with Crippen LogP contribution < -0.4 is 5.32 Å². The standard InChI is InChI=1S/C13H13N3O2/c1-3-8(2)16-12-10-5-4-9(13(17)18)6-11(10)14-7-15-12/h3-8H,1H2,2H3,(H,17,18)(H,14,15,16). The van der Waals surface area contributed by atoms with Gasteiger partial charge in [0.1, 0.15) is 12.1 Å². The molecule has 0 aliphatic heterocycles. The summed E-state index contributed by atoms with van der Waals surface area (Å²) in [5.74, 6) is -0.297. The van der Waals surface area contributed by atoms with Gasteiger partial charge in [0.2, 0.25) is 0 Å². The number of carboxylic acids is 1. The molecule has 1 unspecified atom stereocenters. The van der Waals surface area contributed by atoms with Crippen molar-refractivity contribution in [1.82, 2.24) is 9.97 Å². The lowest BCUT2D eigenvalue weighted by Crippen LogP contribution is -2.13. The largest absolute Gasteiger partial charge is 0.478 e. The molecule has 0 radical (unpaired) electrons. The van der Waals surface area contributed by atoms with E-state index >= 15 is 0 Å². The molecule has 0 saturated heterocycles. The van der Waals surface area contributed by atoms with Crippen molar-refractivity contribution in [2.75, 3.05) is 5.32 Å². The molecular weight excluding hydrogens is 230 g/mol. The number of nitrogens with one attached hydrogen (secondary N) is 1. The van der Waals surface area contributed by atoms with E-state index in [9.17, 15) is 4.79 Å². The van der Waals surface area contributed by atoms with Crippen molar-refractivity contribution in [2.24, 2.45) is 0 Å². The smallest absolute Gasteiger partial charge is 0.335 e. The van der Waals surface area contributed by atoms with Crippen LogP contribution in [0.15, 0.2) is 37.2 Å². The summed E-state index contributed by atoms with van der Waals surface area (Å²) < 4.78 is 0. The number of aromatic carboxylic acids is 1. The molecule has 2 N–H and O–H groups in total. The predicted molar refractivity (Wildman–Crippen MR) is 69.8 cm³/mol. The maximum absolute atomic E-state index is 10.9. The van der Waals surface area contributed by atoms with Gasteiger partial charge in [-0.1, -0.05) is 6.08 Å². The Labute approximate surface area is 104 Å². The Bertz CT molecular complexity index is 610. The highest BCUT2D eigenvalue weighted by molar-refractivity contribution is 5.96. The van der Waals surface area contributed by atoms with Crippen LogP contribution in [0.4, 0.5) is 5.82 Å². The van der Waals surface area contributed by atoms with Crippen molar-refractivity contribution in [3.63, 3.8) is 0 Å². The van der Waals surface area contributed by atoms with E-state index in [0.717, 1.165) is 5.39 Å². The van der Waals surface area contributed by atoms with Crippen LogP contribution >= 0.6 is 0 Å². The van der Waals surface area contributed by atoms with Crippen molar-refractivity contribution in [3.8, 4) is 0 Å². The van der Waals surface area contributed by atoms with Crippen LogP contribution in [-0.2, 0) is 0 Å². The Hall–Kier alpha value is -2.43. The highest BCUT2D eigenvalue weighted by Crippen LogP contribution is 2.21. The fourth-order valence-corrected chi connectivity index (χ4v) is 1.58. The predicted octanol–water partition coefficient (Wildman–Crippen LogP) is 2.31. The maximum Gasteiger partial charge on any atom is 0.335 e. The Morgan fingerprint density at radius 1 is 1.50 bits per heavy atom. The number of carboxylic acid groups (broad SMARTS) is 1. The molecule has 5 nitrogen and oxygen atoms in total. The van der Waals surface area contributed by atoms with Gasteiger partial charge in [0, 0.05) is 11.4 Å². The van der Waals surface area contributed by atoms with Gasteiger partial charge in [0.25, 0.3) is 0 Å². The first kappa shape index (κ1) is 12.0. The third-order valence-corrected chi connectivity index (χ3v) is 2.60. The summed E-state index contributed by atoms with van der Waals surface area (Å²) >= 11 is 0. The van der Waals surface area contributed by atoms with Crippen LogP contribution in [0.5, 0.6) is 0 Å². The molecule has 2 rings (SSSR count). The fraction of sp³-hybridized carbons (Fsp3) is 0.154. The maximum atomic E-state index is 10.9. The molecule has 92 valence electrons. The molecule has 0 spiro atoms. The molecular formula is C13H13N3O2. The molecule has 1 aromatic heterocycles. The first-order chi connectivity index (χ1) is 8.61.